The zero-order valence-corrected chi connectivity index (χ0v) is 9.48. The maximum Gasteiger partial charge on any atom is 0.270 e. The molecule has 1 aromatic carbocycles. The van der Waals surface area contributed by atoms with Crippen LogP contribution < -0.4 is 10.6 Å². The summed E-state index contributed by atoms with van der Waals surface area (Å²) < 4.78 is 0. The Labute approximate surface area is 102 Å². The molecule has 0 bridgehead atoms. The second-order valence-electron chi connectivity index (χ2n) is 4.32. The molecule has 0 saturated carbocycles. The minimum absolute atomic E-state index is 0.0448. The van der Waals surface area contributed by atoms with E-state index in [1.54, 1.807) is 6.07 Å². The van der Waals surface area contributed by atoms with E-state index in [0.717, 1.165) is 13.1 Å². The Balaban J connectivity index is 2.12. The molecule has 1 saturated heterocycles. The van der Waals surface area contributed by atoms with Gasteiger partial charge in [0.1, 0.15) is 12.1 Å². The SMILES string of the molecule is NC1CN(c2ncnc3ccc([N+](=O)[O-])cc23)C1. The number of nitrogens with two attached hydrogens (primary N) is 1. The summed E-state index contributed by atoms with van der Waals surface area (Å²) in [6.45, 7) is 1.43. The smallest absolute Gasteiger partial charge is 0.270 e. The summed E-state index contributed by atoms with van der Waals surface area (Å²) in [7, 11) is 0. The van der Waals surface area contributed by atoms with Gasteiger partial charge in [0.15, 0.2) is 0 Å². The van der Waals surface area contributed by atoms with E-state index in [1.807, 2.05) is 4.90 Å². The molecule has 2 N–H and O–H groups in total. The third kappa shape index (κ3) is 1.65. The van der Waals surface area contributed by atoms with Crippen LogP contribution in [0.2, 0.25) is 0 Å². The molecule has 0 unspecified atom stereocenters. The average Bonchev–Trinajstić information content (AvgIpc) is 2.33. The fourth-order valence-corrected chi connectivity index (χ4v) is 2.08. The van der Waals surface area contributed by atoms with Crippen molar-refractivity contribution in [2.45, 2.75) is 6.04 Å². The molecule has 0 amide bonds. The van der Waals surface area contributed by atoms with E-state index >= 15 is 0 Å². The second kappa shape index (κ2) is 3.88. The molecular formula is C11H11N5O2. The molecule has 92 valence electrons. The average molecular weight is 245 g/mol. The number of rotatable bonds is 2. The van der Waals surface area contributed by atoms with Gasteiger partial charge in [0, 0.05) is 36.7 Å². The summed E-state index contributed by atoms with van der Waals surface area (Å²) in [6.07, 6.45) is 1.47. The maximum absolute atomic E-state index is 10.8. The van der Waals surface area contributed by atoms with Crippen molar-refractivity contribution in [3.63, 3.8) is 0 Å². The van der Waals surface area contributed by atoms with Gasteiger partial charge < -0.3 is 10.6 Å². The number of benzene rings is 1. The number of nitro groups is 1. The Morgan fingerprint density at radius 3 is 2.83 bits per heavy atom. The summed E-state index contributed by atoms with van der Waals surface area (Å²) in [5.41, 5.74) is 6.48. The van der Waals surface area contributed by atoms with Crippen molar-refractivity contribution in [1.82, 2.24) is 9.97 Å². The molecule has 3 rings (SSSR count). The van der Waals surface area contributed by atoms with Crippen molar-refractivity contribution in [2.75, 3.05) is 18.0 Å². The number of fused-ring (bicyclic) bond motifs is 1. The van der Waals surface area contributed by atoms with Gasteiger partial charge in [0.2, 0.25) is 0 Å². The summed E-state index contributed by atoms with van der Waals surface area (Å²) in [5.74, 6) is 0.713. The second-order valence-corrected chi connectivity index (χ2v) is 4.32. The lowest BCUT2D eigenvalue weighted by atomic mass is 10.1. The summed E-state index contributed by atoms with van der Waals surface area (Å²) in [4.78, 5) is 20.7. The zero-order valence-electron chi connectivity index (χ0n) is 9.48. The molecule has 0 radical (unpaired) electrons. The van der Waals surface area contributed by atoms with Crippen LogP contribution in [-0.2, 0) is 0 Å². The highest BCUT2D eigenvalue weighted by molar-refractivity contribution is 5.91. The number of aromatic nitrogens is 2. The van der Waals surface area contributed by atoms with Crippen molar-refractivity contribution < 1.29 is 4.92 Å². The fraction of sp³-hybridized carbons (Fsp3) is 0.273. The molecule has 18 heavy (non-hydrogen) atoms. The molecule has 0 spiro atoms. The monoisotopic (exact) mass is 245 g/mol. The van der Waals surface area contributed by atoms with E-state index in [9.17, 15) is 10.1 Å². The minimum Gasteiger partial charge on any atom is -0.353 e. The highest BCUT2D eigenvalue weighted by atomic mass is 16.6. The number of nitro benzene ring substituents is 1. The van der Waals surface area contributed by atoms with Gasteiger partial charge in [-0.1, -0.05) is 0 Å². The van der Waals surface area contributed by atoms with Gasteiger partial charge >= 0.3 is 0 Å². The van der Waals surface area contributed by atoms with E-state index in [0.29, 0.717) is 16.7 Å². The van der Waals surface area contributed by atoms with Crippen LogP contribution in [0.1, 0.15) is 0 Å². The van der Waals surface area contributed by atoms with Crippen molar-refractivity contribution in [2.24, 2.45) is 5.73 Å². The minimum atomic E-state index is -0.419. The van der Waals surface area contributed by atoms with Crippen LogP contribution >= 0.6 is 0 Å². The molecule has 0 aliphatic carbocycles. The number of hydrogen-bond donors (Lipinski definition) is 1. The standard InChI is InChI=1S/C11H11N5O2/c12-7-4-15(5-7)11-9-3-8(16(17)18)1-2-10(9)13-6-14-11/h1-3,6-7H,4-5,12H2. The Kier molecular flexibility index (Phi) is 2.34. The summed E-state index contributed by atoms with van der Waals surface area (Å²) in [5, 5.41) is 11.5. The van der Waals surface area contributed by atoms with E-state index in [2.05, 4.69) is 9.97 Å². The van der Waals surface area contributed by atoms with Gasteiger partial charge in [0.05, 0.1) is 10.4 Å². The molecule has 7 heteroatoms. The van der Waals surface area contributed by atoms with Gasteiger partial charge in [-0.25, -0.2) is 9.97 Å². The van der Waals surface area contributed by atoms with E-state index in [1.165, 1.54) is 18.5 Å². The Morgan fingerprint density at radius 2 is 2.17 bits per heavy atom. The van der Waals surface area contributed by atoms with Crippen LogP contribution in [0.5, 0.6) is 0 Å². The fourth-order valence-electron chi connectivity index (χ4n) is 2.08. The Hall–Kier alpha value is -2.28. The van der Waals surface area contributed by atoms with E-state index < -0.39 is 4.92 Å². The molecule has 0 atom stereocenters. The topological polar surface area (TPSA) is 98.2 Å². The van der Waals surface area contributed by atoms with Crippen LogP contribution in [0.25, 0.3) is 10.9 Å². The maximum atomic E-state index is 10.8. The molecule has 1 aromatic heterocycles. The molecule has 1 aliphatic rings. The quantitative estimate of drug-likeness (QED) is 0.617. The number of anilines is 1. The highest BCUT2D eigenvalue weighted by Crippen LogP contribution is 2.28. The van der Waals surface area contributed by atoms with Gasteiger partial charge in [-0.2, -0.15) is 0 Å². The predicted octanol–water partition coefficient (Wildman–Crippen LogP) is 0.685. The summed E-state index contributed by atoms with van der Waals surface area (Å²) >= 11 is 0. The van der Waals surface area contributed by atoms with Crippen LogP contribution in [0.15, 0.2) is 24.5 Å². The van der Waals surface area contributed by atoms with E-state index in [4.69, 9.17) is 5.73 Å². The van der Waals surface area contributed by atoms with Crippen molar-refractivity contribution in [3.05, 3.63) is 34.6 Å². The first kappa shape index (κ1) is 10.8. The van der Waals surface area contributed by atoms with Crippen molar-refractivity contribution >= 4 is 22.4 Å². The van der Waals surface area contributed by atoms with Crippen LogP contribution in [-0.4, -0.2) is 34.0 Å². The molecular weight excluding hydrogens is 234 g/mol. The lowest BCUT2D eigenvalue weighted by molar-refractivity contribution is -0.384. The van der Waals surface area contributed by atoms with Crippen LogP contribution in [0.4, 0.5) is 11.5 Å². The molecule has 2 aromatic rings. The lowest BCUT2D eigenvalue weighted by Gasteiger charge is -2.38. The Bertz CT molecular complexity index is 624. The normalized spacial score (nSPS) is 15.7. The van der Waals surface area contributed by atoms with Gasteiger partial charge in [-0.3, -0.25) is 10.1 Å². The first-order valence-corrected chi connectivity index (χ1v) is 5.55. The van der Waals surface area contributed by atoms with E-state index in [-0.39, 0.29) is 11.7 Å². The van der Waals surface area contributed by atoms with Crippen molar-refractivity contribution in [1.29, 1.82) is 0 Å². The first-order chi connectivity index (χ1) is 8.65. The molecule has 2 heterocycles. The number of non-ortho nitro benzene ring substituents is 1. The molecule has 1 aliphatic heterocycles. The van der Waals surface area contributed by atoms with Crippen LogP contribution in [0.3, 0.4) is 0 Å². The third-order valence-corrected chi connectivity index (χ3v) is 3.02. The number of hydrogen-bond acceptors (Lipinski definition) is 6. The van der Waals surface area contributed by atoms with Crippen molar-refractivity contribution in [3.8, 4) is 0 Å². The molecule has 1 fully saturated rings. The zero-order chi connectivity index (χ0) is 12.7. The van der Waals surface area contributed by atoms with Gasteiger partial charge in [0.25, 0.3) is 5.69 Å². The predicted molar refractivity (Wildman–Crippen MR) is 66.4 cm³/mol. The van der Waals surface area contributed by atoms with Gasteiger partial charge in [-0.15, -0.1) is 0 Å². The Morgan fingerprint density at radius 1 is 1.39 bits per heavy atom. The van der Waals surface area contributed by atoms with Crippen LogP contribution in [0, 0.1) is 10.1 Å². The third-order valence-electron chi connectivity index (χ3n) is 3.02. The largest absolute Gasteiger partial charge is 0.353 e. The highest BCUT2D eigenvalue weighted by Gasteiger charge is 2.26. The first-order valence-electron chi connectivity index (χ1n) is 5.55. The lowest BCUT2D eigenvalue weighted by Crippen LogP contribution is -2.56. The summed E-state index contributed by atoms with van der Waals surface area (Å²) in [6, 6.07) is 4.74. The number of nitrogens with zero attached hydrogens (tertiary/aromatic N) is 4. The van der Waals surface area contributed by atoms with Gasteiger partial charge in [-0.05, 0) is 6.07 Å². The molecule has 7 nitrogen and oxygen atoms in total.